The van der Waals surface area contributed by atoms with Crippen LogP contribution in [0.1, 0.15) is 19.3 Å². The van der Waals surface area contributed by atoms with E-state index in [1.165, 1.54) is 25.8 Å². The standard InChI is InChI=1S/C11H22N2O/c1-12-11(9-3-4-9)7-13(2)10-5-6-14-8-10/h9-12H,3-8H2,1-2H3. The number of hydrogen-bond donors (Lipinski definition) is 1. The van der Waals surface area contributed by atoms with Gasteiger partial charge >= 0.3 is 0 Å². The molecule has 82 valence electrons. The molecule has 2 unspecified atom stereocenters. The van der Waals surface area contributed by atoms with Gasteiger partial charge in [0.1, 0.15) is 0 Å². The first kappa shape index (κ1) is 10.4. The minimum Gasteiger partial charge on any atom is -0.380 e. The summed E-state index contributed by atoms with van der Waals surface area (Å²) in [7, 11) is 4.31. The van der Waals surface area contributed by atoms with Crippen LogP contribution in [-0.4, -0.2) is 50.8 Å². The van der Waals surface area contributed by atoms with Crippen molar-refractivity contribution < 1.29 is 4.74 Å². The number of nitrogens with zero attached hydrogens (tertiary/aromatic N) is 1. The molecule has 0 aromatic rings. The highest BCUT2D eigenvalue weighted by Crippen LogP contribution is 2.33. The Morgan fingerprint density at radius 2 is 2.21 bits per heavy atom. The zero-order valence-electron chi connectivity index (χ0n) is 9.33. The van der Waals surface area contributed by atoms with Gasteiger partial charge in [0.25, 0.3) is 0 Å². The summed E-state index contributed by atoms with van der Waals surface area (Å²) >= 11 is 0. The van der Waals surface area contributed by atoms with Crippen molar-refractivity contribution in [3.8, 4) is 0 Å². The Bertz CT molecular complexity index is 176. The van der Waals surface area contributed by atoms with Crippen LogP contribution in [0.2, 0.25) is 0 Å². The average Bonchev–Trinajstić information content (AvgIpc) is 2.88. The van der Waals surface area contributed by atoms with Crippen molar-refractivity contribution in [2.24, 2.45) is 5.92 Å². The largest absolute Gasteiger partial charge is 0.380 e. The van der Waals surface area contributed by atoms with E-state index in [0.29, 0.717) is 12.1 Å². The molecule has 1 N–H and O–H groups in total. The fourth-order valence-electron chi connectivity index (χ4n) is 2.30. The summed E-state index contributed by atoms with van der Waals surface area (Å²) in [5, 5.41) is 3.44. The van der Waals surface area contributed by atoms with Gasteiger partial charge in [-0.2, -0.15) is 0 Å². The molecule has 3 heteroatoms. The molecule has 0 radical (unpaired) electrons. The van der Waals surface area contributed by atoms with E-state index in [0.717, 1.165) is 19.1 Å². The Morgan fingerprint density at radius 1 is 1.43 bits per heavy atom. The first-order chi connectivity index (χ1) is 6.81. The second kappa shape index (κ2) is 4.60. The Hall–Kier alpha value is -0.120. The summed E-state index contributed by atoms with van der Waals surface area (Å²) in [6.45, 7) is 3.05. The van der Waals surface area contributed by atoms with Crippen LogP contribution in [0.3, 0.4) is 0 Å². The monoisotopic (exact) mass is 198 g/mol. The average molecular weight is 198 g/mol. The van der Waals surface area contributed by atoms with Gasteiger partial charge in [0.05, 0.1) is 6.61 Å². The third-order valence-corrected chi connectivity index (χ3v) is 3.58. The van der Waals surface area contributed by atoms with Gasteiger partial charge < -0.3 is 10.1 Å². The van der Waals surface area contributed by atoms with Crippen LogP contribution in [0.5, 0.6) is 0 Å². The van der Waals surface area contributed by atoms with Crippen molar-refractivity contribution in [1.82, 2.24) is 10.2 Å². The van der Waals surface area contributed by atoms with Crippen molar-refractivity contribution in [2.75, 3.05) is 33.9 Å². The number of ether oxygens (including phenoxy) is 1. The van der Waals surface area contributed by atoms with Crippen LogP contribution in [0.4, 0.5) is 0 Å². The predicted octanol–water partition coefficient (Wildman–Crippen LogP) is 0.705. The number of likely N-dealkylation sites (N-methyl/N-ethyl adjacent to an activating group) is 2. The lowest BCUT2D eigenvalue weighted by molar-refractivity contribution is 0.151. The molecule has 2 fully saturated rings. The van der Waals surface area contributed by atoms with Crippen molar-refractivity contribution in [3.63, 3.8) is 0 Å². The summed E-state index contributed by atoms with van der Waals surface area (Å²) < 4.78 is 5.41. The van der Waals surface area contributed by atoms with E-state index in [-0.39, 0.29) is 0 Å². The third-order valence-electron chi connectivity index (χ3n) is 3.58. The van der Waals surface area contributed by atoms with E-state index in [9.17, 15) is 0 Å². The van der Waals surface area contributed by atoms with Gasteiger partial charge in [-0.05, 0) is 39.3 Å². The molecule has 0 aromatic heterocycles. The molecule has 2 aliphatic rings. The summed E-state index contributed by atoms with van der Waals surface area (Å²) in [5.41, 5.74) is 0. The Balaban J connectivity index is 1.76. The highest BCUT2D eigenvalue weighted by atomic mass is 16.5. The molecule has 3 nitrogen and oxygen atoms in total. The maximum Gasteiger partial charge on any atom is 0.0622 e. The van der Waals surface area contributed by atoms with Crippen LogP contribution in [0.25, 0.3) is 0 Å². The molecule has 1 heterocycles. The highest BCUT2D eigenvalue weighted by molar-refractivity contribution is 4.88. The van der Waals surface area contributed by atoms with Crippen LogP contribution >= 0.6 is 0 Å². The van der Waals surface area contributed by atoms with Crippen LogP contribution < -0.4 is 5.32 Å². The quantitative estimate of drug-likeness (QED) is 0.704. The topological polar surface area (TPSA) is 24.5 Å². The Labute approximate surface area is 86.8 Å². The number of hydrogen-bond acceptors (Lipinski definition) is 3. The van der Waals surface area contributed by atoms with Crippen molar-refractivity contribution in [3.05, 3.63) is 0 Å². The van der Waals surface area contributed by atoms with Gasteiger partial charge in [0.15, 0.2) is 0 Å². The predicted molar refractivity (Wildman–Crippen MR) is 57.4 cm³/mol. The van der Waals surface area contributed by atoms with Gasteiger partial charge in [0, 0.05) is 25.2 Å². The maximum atomic E-state index is 5.41. The van der Waals surface area contributed by atoms with Crippen LogP contribution in [0, 0.1) is 5.92 Å². The molecule has 14 heavy (non-hydrogen) atoms. The Morgan fingerprint density at radius 3 is 2.71 bits per heavy atom. The SMILES string of the molecule is CNC(CN(C)C1CCOC1)C1CC1. The van der Waals surface area contributed by atoms with E-state index < -0.39 is 0 Å². The first-order valence-electron chi connectivity index (χ1n) is 5.76. The molecular weight excluding hydrogens is 176 g/mol. The molecular formula is C11H22N2O. The minimum absolute atomic E-state index is 0.657. The molecule has 0 aromatic carbocycles. The van der Waals surface area contributed by atoms with E-state index >= 15 is 0 Å². The maximum absolute atomic E-state index is 5.41. The fraction of sp³-hybridized carbons (Fsp3) is 1.00. The van der Waals surface area contributed by atoms with Crippen LogP contribution in [-0.2, 0) is 4.74 Å². The Kier molecular flexibility index (Phi) is 3.42. The fourth-order valence-corrected chi connectivity index (χ4v) is 2.30. The van der Waals surface area contributed by atoms with E-state index in [1.807, 2.05) is 0 Å². The van der Waals surface area contributed by atoms with Crippen molar-refractivity contribution in [2.45, 2.75) is 31.3 Å². The summed E-state index contributed by atoms with van der Waals surface area (Å²) in [6, 6.07) is 1.35. The summed E-state index contributed by atoms with van der Waals surface area (Å²) in [5.74, 6) is 0.935. The second-order valence-electron chi connectivity index (χ2n) is 4.69. The summed E-state index contributed by atoms with van der Waals surface area (Å²) in [4.78, 5) is 2.46. The van der Waals surface area contributed by atoms with Gasteiger partial charge in [-0.1, -0.05) is 0 Å². The molecule has 0 bridgehead atoms. The zero-order chi connectivity index (χ0) is 9.97. The van der Waals surface area contributed by atoms with E-state index in [1.54, 1.807) is 0 Å². The van der Waals surface area contributed by atoms with Gasteiger partial charge in [-0.25, -0.2) is 0 Å². The molecule has 1 aliphatic carbocycles. The van der Waals surface area contributed by atoms with Gasteiger partial charge in [-0.3, -0.25) is 4.90 Å². The minimum atomic E-state index is 0.657. The van der Waals surface area contributed by atoms with Gasteiger partial charge in [0.2, 0.25) is 0 Å². The van der Waals surface area contributed by atoms with Crippen molar-refractivity contribution in [1.29, 1.82) is 0 Å². The van der Waals surface area contributed by atoms with Crippen molar-refractivity contribution >= 4 is 0 Å². The van der Waals surface area contributed by atoms with E-state index in [2.05, 4.69) is 24.3 Å². The van der Waals surface area contributed by atoms with Crippen LogP contribution in [0.15, 0.2) is 0 Å². The lowest BCUT2D eigenvalue weighted by Gasteiger charge is -2.27. The molecule has 0 spiro atoms. The lowest BCUT2D eigenvalue weighted by atomic mass is 10.1. The molecule has 0 amide bonds. The molecule has 1 aliphatic heterocycles. The second-order valence-corrected chi connectivity index (χ2v) is 4.69. The normalized spacial score (nSPS) is 29.8. The zero-order valence-corrected chi connectivity index (χ0v) is 9.33. The smallest absolute Gasteiger partial charge is 0.0622 e. The summed E-state index contributed by atoms with van der Waals surface area (Å²) in [6.07, 6.45) is 4.04. The first-order valence-corrected chi connectivity index (χ1v) is 5.76. The molecule has 1 saturated heterocycles. The molecule has 1 saturated carbocycles. The van der Waals surface area contributed by atoms with E-state index in [4.69, 9.17) is 4.74 Å². The third kappa shape index (κ3) is 2.47. The highest BCUT2D eigenvalue weighted by Gasteiger charge is 2.32. The number of rotatable bonds is 5. The lowest BCUT2D eigenvalue weighted by Crippen LogP contribution is -2.43. The number of nitrogens with one attached hydrogen (secondary N) is 1. The molecule has 2 rings (SSSR count). The molecule has 2 atom stereocenters. The van der Waals surface area contributed by atoms with Gasteiger partial charge in [-0.15, -0.1) is 0 Å².